The molecular weight excluding hydrogens is 410 g/mol. The lowest BCUT2D eigenvalue weighted by molar-refractivity contribution is -0.139. The first kappa shape index (κ1) is 23.3. The van der Waals surface area contributed by atoms with Gasteiger partial charge in [0.1, 0.15) is 23.9 Å². The highest BCUT2D eigenvalue weighted by Gasteiger charge is 2.45. The van der Waals surface area contributed by atoms with Crippen molar-refractivity contribution >= 4 is 17.4 Å². The fourth-order valence-electron chi connectivity index (χ4n) is 3.75. The van der Waals surface area contributed by atoms with Crippen LogP contribution in [0, 0.1) is 0 Å². The highest BCUT2D eigenvalue weighted by Crippen LogP contribution is 2.40. The van der Waals surface area contributed by atoms with Crippen molar-refractivity contribution in [3.63, 3.8) is 0 Å². The van der Waals surface area contributed by atoms with Gasteiger partial charge in [-0.1, -0.05) is 25.5 Å². The first-order valence-electron chi connectivity index (χ1n) is 10.9. The van der Waals surface area contributed by atoms with Crippen molar-refractivity contribution in [1.82, 2.24) is 4.90 Å². The van der Waals surface area contributed by atoms with Crippen molar-refractivity contribution in [2.45, 2.75) is 32.7 Å². The minimum atomic E-state index is -0.731. The Balaban J connectivity index is 2.08. The standard InChI is InChI=1S/C25H29NO6/c1-3-5-13-26-22(18-7-6-8-20(16-18)32-15-14-27)21(24(29)25(26)30)23(28)17-9-11-19(12-10-17)31-4-2/h6-12,16,22,27-28H,3-5,13-15H2,1-2H3/b23-21-. The summed E-state index contributed by atoms with van der Waals surface area (Å²) in [5, 5.41) is 20.1. The largest absolute Gasteiger partial charge is 0.507 e. The zero-order valence-corrected chi connectivity index (χ0v) is 18.4. The fourth-order valence-corrected chi connectivity index (χ4v) is 3.75. The number of hydrogen-bond acceptors (Lipinski definition) is 6. The number of carbonyl (C=O) groups is 2. The Kier molecular flexibility index (Phi) is 7.89. The van der Waals surface area contributed by atoms with E-state index in [1.54, 1.807) is 48.5 Å². The SMILES string of the molecule is CCCCN1C(=O)C(=O)/C(=C(\O)c2ccc(OCC)cc2)C1c1cccc(OCCO)c1. The van der Waals surface area contributed by atoms with Gasteiger partial charge in [-0.05, 0) is 55.3 Å². The van der Waals surface area contributed by atoms with E-state index in [-0.39, 0.29) is 24.5 Å². The molecule has 2 aromatic carbocycles. The lowest BCUT2D eigenvalue weighted by Crippen LogP contribution is -2.30. The smallest absolute Gasteiger partial charge is 0.295 e. The number of amides is 1. The number of aliphatic hydroxyl groups is 2. The van der Waals surface area contributed by atoms with Gasteiger partial charge in [-0.25, -0.2) is 0 Å². The lowest BCUT2D eigenvalue weighted by Gasteiger charge is -2.25. The summed E-state index contributed by atoms with van der Waals surface area (Å²) in [6.45, 7) is 4.80. The van der Waals surface area contributed by atoms with Gasteiger partial charge in [-0.3, -0.25) is 9.59 Å². The van der Waals surface area contributed by atoms with Crippen molar-refractivity contribution in [2.24, 2.45) is 0 Å². The first-order valence-corrected chi connectivity index (χ1v) is 10.9. The van der Waals surface area contributed by atoms with E-state index < -0.39 is 17.7 Å². The molecule has 1 aliphatic rings. The zero-order valence-electron chi connectivity index (χ0n) is 18.4. The van der Waals surface area contributed by atoms with E-state index in [1.807, 2.05) is 13.8 Å². The van der Waals surface area contributed by atoms with Crippen LogP contribution in [0.15, 0.2) is 54.1 Å². The molecule has 0 saturated carbocycles. The summed E-state index contributed by atoms with van der Waals surface area (Å²) in [6, 6.07) is 13.1. The van der Waals surface area contributed by atoms with Gasteiger partial charge in [-0.15, -0.1) is 0 Å². The molecule has 0 aliphatic carbocycles. The Morgan fingerprint density at radius 2 is 1.78 bits per heavy atom. The van der Waals surface area contributed by atoms with E-state index in [1.165, 1.54) is 4.90 Å². The summed E-state index contributed by atoms with van der Waals surface area (Å²) in [5.74, 6) is -0.398. The third-order valence-electron chi connectivity index (χ3n) is 5.27. The van der Waals surface area contributed by atoms with Gasteiger partial charge in [0.25, 0.3) is 11.7 Å². The average molecular weight is 440 g/mol. The number of likely N-dealkylation sites (tertiary alicyclic amines) is 1. The number of unbranched alkanes of at least 4 members (excludes halogenated alkanes) is 1. The van der Waals surface area contributed by atoms with Gasteiger partial charge in [0.05, 0.1) is 24.8 Å². The van der Waals surface area contributed by atoms with Crippen LogP contribution in [0.5, 0.6) is 11.5 Å². The molecule has 0 bridgehead atoms. The van der Waals surface area contributed by atoms with Crippen LogP contribution in [0.2, 0.25) is 0 Å². The fraction of sp³-hybridized carbons (Fsp3) is 0.360. The van der Waals surface area contributed by atoms with Crippen LogP contribution in [-0.4, -0.2) is 53.2 Å². The molecule has 2 N–H and O–H groups in total. The molecule has 2 aromatic rings. The molecule has 1 unspecified atom stereocenters. The molecule has 1 amide bonds. The molecule has 7 heteroatoms. The lowest BCUT2D eigenvalue weighted by atomic mass is 9.95. The number of benzene rings is 2. The maximum Gasteiger partial charge on any atom is 0.295 e. The Morgan fingerprint density at radius 1 is 1.03 bits per heavy atom. The number of carbonyl (C=O) groups excluding carboxylic acids is 2. The normalized spacial score (nSPS) is 17.6. The van der Waals surface area contributed by atoms with Gasteiger partial charge in [0, 0.05) is 12.1 Å². The van der Waals surface area contributed by atoms with E-state index in [9.17, 15) is 14.7 Å². The molecule has 3 rings (SSSR count). The molecule has 0 radical (unpaired) electrons. The Bertz CT molecular complexity index is 982. The van der Waals surface area contributed by atoms with Gasteiger partial charge >= 0.3 is 0 Å². The van der Waals surface area contributed by atoms with Crippen LogP contribution < -0.4 is 9.47 Å². The number of rotatable bonds is 10. The highest BCUT2D eigenvalue weighted by molar-refractivity contribution is 6.46. The third kappa shape index (κ3) is 4.94. The highest BCUT2D eigenvalue weighted by atomic mass is 16.5. The van der Waals surface area contributed by atoms with Crippen molar-refractivity contribution in [2.75, 3.05) is 26.4 Å². The summed E-state index contributed by atoms with van der Waals surface area (Å²) in [6.07, 6.45) is 1.58. The molecule has 1 aliphatic heterocycles. The van der Waals surface area contributed by atoms with Crippen LogP contribution in [-0.2, 0) is 9.59 Å². The number of ketones is 1. The number of nitrogens with zero attached hydrogens (tertiary/aromatic N) is 1. The van der Waals surface area contributed by atoms with E-state index in [2.05, 4.69) is 0 Å². The minimum Gasteiger partial charge on any atom is -0.507 e. The summed E-state index contributed by atoms with van der Waals surface area (Å²) < 4.78 is 11.0. The second kappa shape index (κ2) is 10.8. The predicted octanol–water partition coefficient (Wildman–Crippen LogP) is 3.68. The van der Waals surface area contributed by atoms with E-state index >= 15 is 0 Å². The summed E-state index contributed by atoms with van der Waals surface area (Å²) in [4.78, 5) is 27.4. The van der Waals surface area contributed by atoms with Crippen molar-refractivity contribution in [3.8, 4) is 11.5 Å². The minimum absolute atomic E-state index is 0.0505. The number of Topliss-reactive ketones (excluding diaryl/α,β-unsaturated/α-hetero) is 1. The van der Waals surface area contributed by atoms with Gasteiger partial charge in [0.2, 0.25) is 0 Å². The van der Waals surface area contributed by atoms with Crippen molar-refractivity contribution in [1.29, 1.82) is 0 Å². The molecule has 0 aromatic heterocycles. The average Bonchev–Trinajstić information content (AvgIpc) is 3.06. The predicted molar refractivity (Wildman–Crippen MR) is 121 cm³/mol. The molecule has 1 atom stereocenters. The maximum absolute atomic E-state index is 13.0. The first-order chi connectivity index (χ1) is 15.5. The van der Waals surface area contributed by atoms with Crippen LogP contribution in [0.25, 0.3) is 5.76 Å². The topological polar surface area (TPSA) is 96.3 Å². The summed E-state index contributed by atoms with van der Waals surface area (Å²) in [7, 11) is 0. The monoisotopic (exact) mass is 439 g/mol. The van der Waals surface area contributed by atoms with E-state index in [4.69, 9.17) is 14.6 Å². The second-order valence-electron chi connectivity index (χ2n) is 7.45. The number of ether oxygens (including phenoxy) is 2. The molecule has 0 spiro atoms. The van der Waals surface area contributed by atoms with Crippen LogP contribution in [0.4, 0.5) is 0 Å². The molecular formula is C25H29NO6. The van der Waals surface area contributed by atoms with E-state index in [0.717, 1.165) is 12.8 Å². The molecule has 1 heterocycles. The Hall–Kier alpha value is -3.32. The number of aliphatic hydroxyl groups excluding tert-OH is 2. The molecule has 7 nitrogen and oxygen atoms in total. The van der Waals surface area contributed by atoms with E-state index in [0.29, 0.717) is 35.8 Å². The van der Waals surface area contributed by atoms with Crippen molar-refractivity contribution < 1.29 is 29.3 Å². The van der Waals surface area contributed by atoms with Crippen LogP contribution >= 0.6 is 0 Å². The summed E-state index contributed by atoms with van der Waals surface area (Å²) >= 11 is 0. The zero-order chi connectivity index (χ0) is 23.1. The molecule has 32 heavy (non-hydrogen) atoms. The molecule has 170 valence electrons. The quantitative estimate of drug-likeness (QED) is 0.333. The molecule has 1 fully saturated rings. The Morgan fingerprint density at radius 3 is 2.44 bits per heavy atom. The maximum atomic E-state index is 13.0. The van der Waals surface area contributed by atoms with Gasteiger partial charge in [-0.2, -0.15) is 0 Å². The van der Waals surface area contributed by atoms with Gasteiger partial charge < -0.3 is 24.6 Å². The van der Waals surface area contributed by atoms with Gasteiger partial charge in [0.15, 0.2) is 0 Å². The summed E-state index contributed by atoms with van der Waals surface area (Å²) in [5.41, 5.74) is 1.14. The molecule has 1 saturated heterocycles. The van der Waals surface area contributed by atoms with Crippen LogP contribution in [0.3, 0.4) is 0 Å². The third-order valence-corrected chi connectivity index (χ3v) is 5.27. The Labute approximate surface area is 187 Å². The second-order valence-corrected chi connectivity index (χ2v) is 7.45. The van der Waals surface area contributed by atoms with Crippen molar-refractivity contribution in [3.05, 3.63) is 65.2 Å². The van der Waals surface area contributed by atoms with Crippen LogP contribution in [0.1, 0.15) is 43.9 Å². The number of hydrogen-bond donors (Lipinski definition) is 2.